The first-order chi connectivity index (χ1) is 15.3. The number of nitrogens with zero attached hydrogens (tertiary/aromatic N) is 2. The third kappa shape index (κ3) is 5.37. The van der Waals surface area contributed by atoms with Crippen LogP contribution in [-0.4, -0.2) is 49.0 Å². The molecule has 1 saturated heterocycles. The van der Waals surface area contributed by atoms with Crippen LogP contribution in [0, 0.1) is 10.4 Å². The lowest BCUT2D eigenvalue weighted by Crippen LogP contribution is -2.63. The monoisotopic (exact) mass is 495 g/mol. The number of fused-ring (bicyclic) bond motifs is 1. The van der Waals surface area contributed by atoms with Crippen molar-refractivity contribution < 1.29 is 9.38 Å². The first-order valence-corrected chi connectivity index (χ1v) is 12.1. The predicted octanol–water partition coefficient (Wildman–Crippen LogP) is 5.67. The highest BCUT2D eigenvalue weighted by molar-refractivity contribution is 7.80. The number of hydroxylamine groups is 5. The number of thiocarbonyl (C=S) groups is 1. The molecule has 0 atom stereocenters. The van der Waals surface area contributed by atoms with Gasteiger partial charge in [0.05, 0.1) is 23.2 Å². The first kappa shape index (κ1) is 23.7. The van der Waals surface area contributed by atoms with E-state index in [1.54, 1.807) is 18.2 Å². The zero-order valence-corrected chi connectivity index (χ0v) is 20.1. The van der Waals surface area contributed by atoms with Crippen molar-refractivity contribution in [1.82, 2.24) is 4.65 Å². The van der Waals surface area contributed by atoms with E-state index in [-0.39, 0.29) is 35.8 Å². The largest absolute Gasteiger partial charge is 0.632 e. The third-order valence-electron chi connectivity index (χ3n) is 6.31. The number of hydrogen-bond donors (Lipinski definition) is 1. The lowest BCUT2D eigenvalue weighted by atomic mass is 10.0. The average molecular weight is 496 g/mol. The third-order valence-corrected chi connectivity index (χ3v) is 7.43. The summed E-state index contributed by atoms with van der Waals surface area (Å²) in [5.74, 6) is 0.803. The van der Waals surface area contributed by atoms with Gasteiger partial charge < -0.3 is 29.8 Å². The Morgan fingerprint density at radius 3 is 2.56 bits per heavy atom. The Kier molecular flexibility index (Phi) is 7.27. The highest BCUT2D eigenvalue weighted by Gasteiger charge is 2.35. The van der Waals surface area contributed by atoms with Crippen LogP contribution in [0.5, 0.6) is 5.75 Å². The van der Waals surface area contributed by atoms with Crippen molar-refractivity contribution in [3.63, 3.8) is 0 Å². The summed E-state index contributed by atoms with van der Waals surface area (Å²) in [5.41, 5.74) is 2.72. The minimum Gasteiger partial charge on any atom is -0.632 e. The molecule has 1 fully saturated rings. The summed E-state index contributed by atoms with van der Waals surface area (Å²) in [6.07, 6.45) is 3.37. The Balaban J connectivity index is 1.23. The Morgan fingerprint density at radius 1 is 1.00 bits per heavy atom. The van der Waals surface area contributed by atoms with Gasteiger partial charge in [-0.25, -0.2) is 0 Å². The van der Waals surface area contributed by atoms with E-state index in [1.807, 2.05) is 12.1 Å². The van der Waals surface area contributed by atoms with Crippen LogP contribution >= 0.6 is 35.4 Å². The van der Waals surface area contributed by atoms with E-state index >= 15 is 0 Å². The normalized spacial score (nSPS) is 25.2. The van der Waals surface area contributed by atoms with Crippen LogP contribution in [0.25, 0.3) is 0 Å². The Hall–Kier alpha value is -1.45. The fourth-order valence-electron chi connectivity index (χ4n) is 4.32. The fraction of sp³-hybridized carbons (Fsp3) is 0.435. The van der Waals surface area contributed by atoms with Gasteiger partial charge in [-0.2, -0.15) is 0 Å². The van der Waals surface area contributed by atoms with Crippen molar-refractivity contribution in [2.45, 2.75) is 25.7 Å². The molecule has 2 aliphatic rings. The second-order valence-electron chi connectivity index (χ2n) is 8.56. The van der Waals surface area contributed by atoms with E-state index in [0.29, 0.717) is 23.9 Å². The zero-order chi connectivity index (χ0) is 22.8. The maximum absolute atomic E-state index is 13.3. The number of rotatable bonds is 7. The highest BCUT2D eigenvalue weighted by atomic mass is 35.5. The molecule has 0 aliphatic carbocycles. The maximum atomic E-state index is 13.3. The molecule has 2 aromatic rings. The van der Waals surface area contributed by atoms with Gasteiger partial charge in [0.2, 0.25) is 0 Å². The van der Waals surface area contributed by atoms with E-state index in [2.05, 4.69) is 11.4 Å². The van der Waals surface area contributed by atoms with Gasteiger partial charge in [-0.3, -0.25) is 0 Å². The molecule has 0 saturated carbocycles. The predicted molar refractivity (Wildman–Crippen MR) is 135 cm³/mol. The van der Waals surface area contributed by atoms with Crippen LogP contribution < -0.4 is 14.7 Å². The SMILES string of the molecule is [O-][N+]1(CCCCOc2ccc3c(c2)NC(=S)CC3)CC[N+]([O-])(c2cccc(Cl)c2Cl)CC1. The van der Waals surface area contributed by atoms with Gasteiger partial charge >= 0.3 is 0 Å². The van der Waals surface area contributed by atoms with Crippen molar-refractivity contribution in [1.29, 1.82) is 0 Å². The summed E-state index contributed by atoms with van der Waals surface area (Å²) in [6.45, 7) is 1.96. The molecule has 32 heavy (non-hydrogen) atoms. The summed E-state index contributed by atoms with van der Waals surface area (Å²) in [4.78, 5) is 0.860. The molecule has 0 spiro atoms. The van der Waals surface area contributed by atoms with Crippen LogP contribution in [-0.2, 0) is 6.42 Å². The van der Waals surface area contributed by atoms with Gasteiger partial charge in [-0.05, 0) is 30.5 Å². The molecule has 2 aliphatic heterocycles. The number of nitrogens with one attached hydrogen (secondary N) is 1. The average Bonchev–Trinajstić information content (AvgIpc) is 2.77. The van der Waals surface area contributed by atoms with Gasteiger partial charge in [0.15, 0.2) is 5.69 Å². The second-order valence-corrected chi connectivity index (χ2v) is 9.84. The molecule has 1 N–H and O–H groups in total. The van der Waals surface area contributed by atoms with Gasteiger partial charge in [0.1, 0.15) is 37.0 Å². The minimum absolute atomic E-state index is 0.198. The highest BCUT2D eigenvalue weighted by Crippen LogP contribution is 2.37. The first-order valence-electron chi connectivity index (χ1n) is 10.9. The smallest absolute Gasteiger partial charge is 0.153 e. The molecule has 9 heteroatoms. The summed E-state index contributed by atoms with van der Waals surface area (Å²) < 4.78 is 4.93. The number of hydrogen-bond acceptors (Lipinski definition) is 4. The van der Waals surface area contributed by atoms with Crippen LogP contribution in [0.4, 0.5) is 11.4 Å². The summed E-state index contributed by atoms with van der Waals surface area (Å²) in [7, 11) is 0. The molecule has 6 nitrogen and oxygen atoms in total. The van der Waals surface area contributed by atoms with Crippen LogP contribution in [0.1, 0.15) is 24.8 Å². The van der Waals surface area contributed by atoms with Gasteiger partial charge in [-0.15, -0.1) is 0 Å². The molecule has 0 bridgehead atoms. The fourth-order valence-corrected chi connectivity index (χ4v) is 4.98. The number of piperazine rings is 1. The molecule has 0 radical (unpaired) electrons. The Labute approximate surface area is 204 Å². The Bertz CT molecular complexity index is 996. The number of aryl methyl sites for hydroxylation is 1. The van der Waals surface area contributed by atoms with Crippen molar-refractivity contribution in [3.05, 3.63) is 62.4 Å². The number of benzene rings is 2. The molecule has 4 rings (SSSR count). The number of quaternary nitrogens is 2. The van der Waals surface area contributed by atoms with E-state index < -0.39 is 4.65 Å². The molecule has 0 unspecified atom stereocenters. The van der Waals surface area contributed by atoms with Crippen molar-refractivity contribution in [2.24, 2.45) is 0 Å². The number of halogens is 2. The molecular weight excluding hydrogens is 469 g/mol. The second kappa shape index (κ2) is 9.81. The molecule has 2 heterocycles. The van der Waals surface area contributed by atoms with Crippen molar-refractivity contribution >= 4 is 51.8 Å². The van der Waals surface area contributed by atoms with Gasteiger partial charge in [0.25, 0.3) is 0 Å². The molecule has 172 valence electrons. The van der Waals surface area contributed by atoms with E-state index in [9.17, 15) is 10.4 Å². The van der Waals surface area contributed by atoms with Crippen molar-refractivity contribution in [2.75, 3.05) is 44.6 Å². The van der Waals surface area contributed by atoms with Gasteiger partial charge in [-0.1, -0.05) is 47.6 Å². The molecular formula is C23H27Cl2N3O3S. The summed E-state index contributed by atoms with van der Waals surface area (Å²) in [5, 5.41) is 30.2. The number of anilines is 1. The molecule has 0 aromatic heterocycles. The summed E-state index contributed by atoms with van der Waals surface area (Å²) >= 11 is 17.6. The number of unbranched alkanes of at least 4 members (excludes halogenated alkanes) is 1. The summed E-state index contributed by atoms with van der Waals surface area (Å²) in [6, 6.07) is 11.1. The Morgan fingerprint density at radius 2 is 1.78 bits per heavy atom. The standard InChI is InChI=1S/C23H27Cl2N3O3S/c24-19-4-3-5-21(23(19)25)28(30)13-11-27(29,12-14-28)10-1-2-15-31-18-8-6-17-7-9-22(32)26-20(17)16-18/h3-6,8,16H,1-2,7,9-15H2,(H,26,32). The van der Waals surface area contributed by atoms with E-state index in [4.69, 9.17) is 40.2 Å². The lowest BCUT2D eigenvalue weighted by molar-refractivity contribution is -0.884. The minimum atomic E-state index is -0.597. The molecule has 2 aromatic carbocycles. The van der Waals surface area contributed by atoms with E-state index in [0.717, 1.165) is 42.1 Å². The van der Waals surface area contributed by atoms with E-state index in [1.165, 1.54) is 5.56 Å². The van der Waals surface area contributed by atoms with Crippen LogP contribution in [0.3, 0.4) is 0 Å². The quantitative estimate of drug-likeness (QED) is 0.232. The number of ether oxygens (including phenoxy) is 1. The lowest BCUT2D eigenvalue weighted by Gasteiger charge is -2.54. The van der Waals surface area contributed by atoms with Crippen molar-refractivity contribution in [3.8, 4) is 5.75 Å². The van der Waals surface area contributed by atoms with Crippen LogP contribution in [0.15, 0.2) is 36.4 Å². The molecule has 0 amide bonds. The van der Waals surface area contributed by atoms with Gasteiger partial charge in [0, 0.05) is 30.7 Å². The zero-order valence-electron chi connectivity index (χ0n) is 17.8. The van der Waals surface area contributed by atoms with Crippen LogP contribution in [0.2, 0.25) is 10.0 Å². The topological polar surface area (TPSA) is 67.4 Å². The maximum Gasteiger partial charge on any atom is 0.153 e.